The molecule has 0 unspecified atom stereocenters. The molecule has 0 spiro atoms. The summed E-state index contributed by atoms with van der Waals surface area (Å²) in [6.45, 7) is 7.83. The van der Waals surface area contributed by atoms with E-state index in [4.69, 9.17) is 0 Å². The van der Waals surface area contributed by atoms with Crippen molar-refractivity contribution in [1.82, 2.24) is 14.9 Å². The fourth-order valence-electron chi connectivity index (χ4n) is 2.12. The molecule has 5 heteroatoms. The summed E-state index contributed by atoms with van der Waals surface area (Å²) >= 11 is 0. The number of rotatable bonds is 2. The maximum atomic E-state index is 12.2. The van der Waals surface area contributed by atoms with Crippen molar-refractivity contribution in [3.05, 3.63) is 18.0 Å². The fourth-order valence-corrected chi connectivity index (χ4v) is 2.12. The van der Waals surface area contributed by atoms with Gasteiger partial charge in [0, 0.05) is 31.0 Å². The fraction of sp³-hybridized carbons (Fsp3) is 0.643. The second-order valence-corrected chi connectivity index (χ2v) is 6.02. The molecule has 0 aromatic carbocycles. The Labute approximate surface area is 114 Å². The molecule has 1 aromatic heterocycles. The first-order valence-corrected chi connectivity index (χ1v) is 6.85. The molecule has 2 rings (SSSR count). The number of amides is 1. The largest absolute Gasteiger partial charge is 0.350 e. The Balaban J connectivity index is 2.03. The summed E-state index contributed by atoms with van der Waals surface area (Å²) in [6.07, 6.45) is 6.62. The highest BCUT2D eigenvalue weighted by Gasteiger charge is 2.19. The molecule has 1 fully saturated rings. The van der Waals surface area contributed by atoms with Gasteiger partial charge in [-0.25, -0.2) is 9.97 Å². The van der Waals surface area contributed by atoms with Crippen LogP contribution in [0.2, 0.25) is 0 Å². The van der Waals surface area contributed by atoms with Crippen LogP contribution in [0.25, 0.3) is 0 Å². The molecule has 0 radical (unpaired) electrons. The van der Waals surface area contributed by atoms with Crippen molar-refractivity contribution in [3.63, 3.8) is 0 Å². The van der Waals surface area contributed by atoms with E-state index in [1.54, 1.807) is 12.4 Å². The van der Waals surface area contributed by atoms with Crippen LogP contribution in [0.4, 0.5) is 5.95 Å². The van der Waals surface area contributed by atoms with E-state index in [0.29, 0.717) is 11.5 Å². The molecule has 1 amide bonds. The third-order valence-corrected chi connectivity index (χ3v) is 3.03. The Morgan fingerprint density at radius 2 is 1.74 bits per heavy atom. The van der Waals surface area contributed by atoms with E-state index < -0.39 is 0 Å². The SMILES string of the molecule is CC(C)(C)Nc1ncc(C(=O)N2CCCCC2)cn1. The molecule has 1 aliphatic heterocycles. The van der Waals surface area contributed by atoms with Crippen molar-refractivity contribution in [2.24, 2.45) is 0 Å². The molecule has 0 bridgehead atoms. The summed E-state index contributed by atoms with van der Waals surface area (Å²) < 4.78 is 0. The number of likely N-dealkylation sites (tertiary alicyclic amines) is 1. The number of aromatic nitrogens is 2. The first kappa shape index (κ1) is 13.8. The predicted octanol–water partition coefficient (Wildman–Crippen LogP) is 2.31. The maximum Gasteiger partial charge on any atom is 0.256 e. The van der Waals surface area contributed by atoms with Crippen LogP contribution >= 0.6 is 0 Å². The summed E-state index contributed by atoms with van der Waals surface area (Å²) in [6, 6.07) is 0. The lowest BCUT2D eigenvalue weighted by Crippen LogP contribution is -2.35. The standard InChI is InChI=1S/C14H22N4O/c1-14(2,3)17-13-15-9-11(10-16-13)12(19)18-7-5-4-6-8-18/h9-10H,4-8H2,1-3H3,(H,15,16,17). The van der Waals surface area contributed by atoms with Crippen LogP contribution in [0.5, 0.6) is 0 Å². The van der Waals surface area contributed by atoms with Gasteiger partial charge in [0.2, 0.25) is 5.95 Å². The second kappa shape index (κ2) is 5.55. The lowest BCUT2D eigenvalue weighted by Gasteiger charge is -2.26. The first-order valence-electron chi connectivity index (χ1n) is 6.85. The Kier molecular flexibility index (Phi) is 4.02. The minimum absolute atomic E-state index is 0.0435. The van der Waals surface area contributed by atoms with Crippen molar-refractivity contribution in [3.8, 4) is 0 Å². The van der Waals surface area contributed by atoms with Crippen LogP contribution in [0.3, 0.4) is 0 Å². The summed E-state index contributed by atoms with van der Waals surface area (Å²) in [5.74, 6) is 0.602. The molecule has 0 aliphatic carbocycles. The van der Waals surface area contributed by atoms with Gasteiger partial charge >= 0.3 is 0 Å². The number of carbonyl (C=O) groups is 1. The van der Waals surface area contributed by atoms with E-state index in [-0.39, 0.29) is 11.4 Å². The monoisotopic (exact) mass is 262 g/mol. The maximum absolute atomic E-state index is 12.2. The zero-order valence-corrected chi connectivity index (χ0v) is 11.9. The van der Waals surface area contributed by atoms with Gasteiger partial charge in [0.25, 0.3) is 5.91 Å². The molecule has 1 aliphatic rings. The van der Waals surface area contributed by atoms with Crippen LogP contribution < -0.4 is 5.32 Å². The van der Waals surface area contributed by atoms with Crippen LogP contribution in [0.15, 0.2) is 12.4 Å². The number of hydrogen-bond acceptors (Lipinski definition) is 4. The van der Waals surface area contributed by atoms with E-state index in [2.05, 4.69) is 15.3 Å². The zero-order valence-electron chi connectivity index (χ0n) is 11.9. The third kappa shape index (κ3) is 3.91. The van der Waals surface area contributed by atoms with Crippen molar-refractivity contribution >= 4 is 11.9 Å². The van der Waals surface area contributed by atoms with Gasteiger partial charge in [0.15, 0.2) is 0 Å². The first-order chi connectivity index (χ1) is 8.96. The van der Waals surface area contributed by atoms with Crippen molar-refractivity contribution in [2.75, 3.05) is 18.4 Å². The van der Waals surface area contributed by atoms with Gasteiger partial charge < -0.3 is 10.2 Å². The van der Waals surface area contributed by atoms with Crippen LogP contribution in [0.1, 0.15) is 50.4 Å². The number of carbonyl (C=O) groups excluding carboxylic acids is 1. The Hall–Kier alpha value is -1.65. The van der Waals surface area contributed by atoms with Gasteiger partial charge in [-0.1, -0.05) is 0 Å². The highest BCUT2D eigenvalue weighted by Crippen LogP contribution is 2.14. The van der Waals surface area contributed by atoms with Crippen LogP contribution in [-0.4, -0.2) is 39.4 Å². The third-order valence-electron chi connectivity index (χ3n) is 3.03. The zero-order chi connectivity index (χ0) is 13.9. The molecular weight excluding hydrogens is 240 g/mol. The Bertz CT molecular complexity index is 430. The van der Waals surface area contributed by atoms with Crippen molar-refractivity contribution in [2.45, 2.75) is 45.6 Å². The summed E-state index contributed by atoms with van der Waals surface area (Å²) in [4.78, 5) is 22.5. The van der Waals surface area contributed by atoms with E-state index >= 15 is 0 Å². The number of anilines is 1. The molecule has 1 saturated heterocycles. The molecule has 19 heavy (non-hydrogen) atoms. The highest BCUT2D eigenvalue weighted by molar-refractivity contribution is 5.93. The van der Waals surface area contributed by atoms with E-state index in [0.717, 1.165) is 25.9 Å². The number of nitrogens with one attached hydrogen (secondary N) is 1. The van der Waals surface area contributed by atoms with Gasteiger partial charge in [-0.15, -0.1) is 0 Å². The van der Waals surface area contributed by atoms with E-state index in [1.165, 1.54) is 6.42 Å². The van der Waals surface area contributed by atoms with Gasteiger partial charge in [0.1, 0.15) is 0 Å². The predicted molar refractivity (Wildman–Crippen MR) is 75.2 cm³/mol. The molecule has 1 N–H and O–H groups in total. The van der Waals surface area contributed by atoms with E-state index in [9.17, 15) is 4.79 Å². The number of nitrogens with zero attached hydrogens (tertiary/aromatic N) is 3. The summed E-state index contributed by atoms with van der Waals surface area (Å²) in [7, 11) is 0. The molecule has 0 atom stereocenters. The average Bonchev–Trinajstić information content (AvgIpc) is 2.38. The molecule has 104 valence electrons. The molecule has 1 aromatic rings. The smallest absolute Gasteiger partial charge is 0.256 e. The minimum Gasteiger partial charge on any atom is -0.350 e. The van der Waals surface area contributed by atoms with Gasteiger partial charge in [-0.2, -0.15) is 0 Å². The Morgan fingerprint density at radius 3 is 2.26 bits per heavy atom. The summed E-state index contributed by atoms with van der Waals surface area (Å²) in [5, 5.41) is 3.18. The normalized spacial score (nSPS) is 16.3. The van der Waals surface area contributed by atoms with Crippen molar-refractivity contribution < 1.29 is 4.79 Å². The van der Waals surface area contributed by atoms with Crippen LogP contribution in [-0.2, 0) is 0 Å². The molecule has 2 heterocycles. The number of hydrogen-bond donors (Lipinski definition) is 1. The van der Waals surface area contributed by atoms with Gasteiger partial charge in [-0.3, -0.25) is 4.79 Å². The summed E-state index contributed by atoms with van der Waals surface area (Å²) in [5.41, 5.74) is 0.486. The molecular formula is C14H22N4O. The minimum atomic E-state index is -0.0849. The quantitative estimate of drug-likeness (QED) is 0.888. The second-order valence-electron chi connectivity index (χ2n) is 6.02. The Morgan fingerprint density at radius 1 is 1.16 bits per heavy atom. The van der Waals surface area contributed by atoms with Crippen molar-refractivity contribution in [1.29, 1.82) is 0 Å². The number of piperidine rings is 1. The van der Waals surface area contributed by atoms with Gasteiger partial charge in [0.05, 0.1) is 5.56 Å². The molecule has 0 saturated carbocycles. The lowest BCUT2D eigenvalue weighted by molar-refractivity contribution is 0.0723. The highest BCUT2D eigenvalue weighted by atomic mass is 16.2. The molecule has 5 nitrogen and oxygen atoms in total. The van der Waals surface area contributed by atoms with Crippen LogP contribution in [0, 0.1) is 0 Å². The lowest BCUT2D eigenvalue weighted by atomic mass is 10.1. The average molecular weight is 262 g/mol. The van der Waals surface area contributed by atoms with Gasteiger partial charge in [-0.05, 0) is 40.0 Å². The topological polar surface area (TPSA) is 58.1 Å². The van der Waals surface area contributed by atoms with E-state index in [1.807, 2.05) is 25.7 Å².